The van der Waals surface area contributed by atoms with Gasteiger partial charge in [0.15, 0.2) is 0 Å². The van der Waals surface area contributed by atoms with Crippen LogP contribution in [0.5, 0.6) is 0 Å². The van der Waals surface area contributed by atoms with Crippen molar-refractivity contribution in [3.63, 3.8) is 0 Å². The van der Waals surface area contributed by atoms with Gasteiger partial charge in [-0.15, -0.1) is 0 Å². The second-order valence-corrected chi connectivity index (χ2v) is 8.93. The molecule has 2 heterocycles. The first-order chi connectivity index (χ1) is 16.3. The van der Waals surface area contributed by atoms with Gasteiger partial charge in [0, 0.05) is 43.1 Å². The van der Waals surface area contributed by atoms with Crippen molar-refractivity contribution in [1.82, 2.24) is 15.1 Å². The van der Waals surface area contributed by atoms with Crippen LogP contribution in [-0.4, -0.2) is 65.0 Å². The number of nitrogens with one attached hydrogen (secondary N) is 1. The number of hydrogen-bond donors (Lipinski definition) is 1. The van der Waals surface area contributed by atoms with E-state index in [1.54, 1.807) is 40.1 Å². The molecule has 0 aromatic heterocycles. The highest BCUT2D eigenvalue weighted by molar-refractivity contribution is 5.98. The molecule has 0 radical (unpaired) electrons. The van der Waals surface area contributed by atoms with Gasteiger partial charge in [-0.1, -0.05) is 31.2 Å². The van der Waals surface area contributed by atoms with Crippen LogP contribution in [0.25, 0.3) is 0 Å². The summed E-state index contributed by atoms with van der Waals surface area (Å²) >= 11 is 0. The van der Waals surface area contributed by atoms with Gasteiger partial charge in [-0.3, -0.25) is 19.3 Å². The monoisotopic (exact) mass is 467 g/mol. The van der Waals surface area contributed by atoms with Gasteiger partial charge in [0.2, 0.25) is 5.91 Å². The van der Waals surface area contributed by atoms with Crippen molar-refractivity contribution in [3.05, 3.63) is 71.5 Å². The molecule has 7 nitrogen and oxygen atoms in total. The molecule has 8 heteroatoms. The van der Waals surface area contributed by atoms with Crippen LogP contribution in [0.3, 0.4) is 0 Å². The summed E-state index contributed by atoms with van der Waals surface area (Å²) < 4.78 is 19.8. The second kappa shape index (κ2) is 9.93. The smallest absolute Gasteiger partial charge is 0.256 e. The van der Waals surface area contributed by atoms with Gasteiger partial charge in [0.05, 0.1) is 6.61 Å². The van der Waals surface area contributed by atoms with E-state index in [2.05, 4.69) is 5.32 Å². The van der Waals surface area contributed by atoms with E-state index >= 15 is 0 Å². The molecule has 1 N–H and O–H groups in total. The van der Waals surface area contributed by atoms with Crippen LogP contribution in [0.15, 0.2) is 54.6 Å². The lowest BCUT2D eigenvalue weighted by Crippen LogP contribution is -2.60. The Balaban J connectivity index is 1.56. The van der Waals surface area contributed by atoms with Crippen molar-refractivity contribution in [2.24, 2.45) is 0 Å². The van der Waals surface area contributed by atoms with Crippen molar-refractivity contribution < 1.29 is 23.5 Å². The molecule has 0 saturated carbocycles. The zero-order valence-corrected chi connectivity index (χ0v) is 19.5. The van der Waals surface area contributed by atoms with Crippen LogP contribution in [0, 0.1) is 5.82 Å². The average molecular weight is 468 g/mol. The molecular weight excluding hydrogens is 437 g/mol. The Morgan fingerprint density at radius 2 is 1.74 bits per heavy atom. The molecular formula is C26H30FN3O4. The van der Waals surface area contributed by atoms with E-state index in [0.29, 0.717) is 31.5 Å². The number of amides is 3. The molecule has 34 heavy (non-hydrogen) atoms. The topological polar surface area (TPSA) is 79.0 Å². The molecule has 2 aromatic rings. The molecule has 2 aliphatic heterocycles. The highest BCUT2D eigenvalue weighted by Crippen LogP contribution is 2.39. The van der Waals surface area contributed by atoms with Crippen LogP contribution < -0.4 is 5.32 Å². The molecule has 180 valence electrons. The summed E-state index contributed by atoms with van der Waals surface area (Å²) in [6.45, 7) is 4.65. The summed E-state index contributed by atoms with van der Waals surface area (Å²) in [5.74, 6) is -1.24. The minimum atomic E-state index is -0.983. The van der Waals surface area contributed by atoms with E-state index in [1.807, 2.05) is 19.9 Å². The molecule has 1 spiro atoms. The highest BCUT2D eigenvalue weighted by Gasteiger charge is 2.54. The quantitative estimate of drug-likeness (QED) is 0.733. The van der Waals surface area contributed by atoms with Gasteiger partial charge in [-0.2, -0.15) is 0 Å². The molecule has 4 rings (SSSR count). The maximum atomic E-state index is 13.6. The van der Waals surface area contributed by atoms with Gasteiger partial charge in [0.1, 0.15) is 17.6 Å². The van der Waals surface area contributed by atoms with Crippen LogP contribution in [0.2, 0.25) is 0 Å². The summed E-state index contributed by atoms with van der Waals surface area (Å²) in [6.07, 6.45) is 1.49. The summed E-state index contributed by atoms with van der Waals surface area (Å²) in [5.41, 5.74) is -0.221. The average Bonchev–Trinajstić information content (AvgIpc) is 3.22. The molecule has 0 unspecified atom stereocenters. The van der Waals surface area contributed by atoms with Crippen molar-refractivity contribution in [2.75, 3.05) is 19.7 Å². The number of likely N-dealkylation sites (tertiary alicyclic amines) is 1. The van der Waals surface area contributed by atoms with E-state index < -0.39 is 17.6 Å². The molecule has 3 amide bonds. The van der Waals surface area contributed by atoms with E-state index in [9.17, 15) is 18.8 Å². The highest BCUT2D eigenvalue weighted by atomic mass is 19.1. The fourth-order valence-electron chi connectivity index (χ4n) is 4.59. The number of carbonyl (C=O) groups excluding carboxylic acids is 3. The summed E-state index contributed by atoms with van der Waals surface area (Å²) in [5, 5.41) is 2.97. The van der Waals surface area contributed by atoms with Crippen molar-refractivity contribution in [2.45, 2.75) is 50.9 Å². The number of rotatable bonds is 5. The molecule has 2 aromatic carbocycles. The summed E-state index contributed by atoms with van der Waals surface area (Å²) in [6, 6.07) is 13.7. The van der Waals surface area contributed by atoms with Crippen molar-refractivity contribution >= 4 is 17.7 Å². The number of halogens is 1. The van der Waals surface area contributed by atoms with Crippen LogP contribution in [-0.2, 0) is 9.53 Å². The Labute approximate surface area is 198 Å². The standard InChI is InChI=1S/C26H30FN3O4/c1-3-18(2)28-23(31)22-17-34-26(30(22)25(33)19-8-5-4-6-9-19)12-14-29(15-13-26)24(32)20-10-7-11-21(27)16-20/h4-11,16,18,22H,3,12-15,17H2,1-2H3,(H,28,31)/t18-,22+/m1/s1. The van der Waals surface area contributed by atoms with Crippen LogP contribution >= 0.6 is 0 Å². The van der Waals surface area contributed by atoms with Gasteiger partial charge < -0.3 is 15.0 Å². The first kappa shape index (κ1) is 23.9. The summed E-state index contributed by atoms with van der Waals surface area (Å²) in [4.78, 5) is 42.8. The first-order valence-electron chi connectivity index (χ1n) is 11.7. The second-order valence-electron chi connectivity index (χ2n) is 8.93. The van der Waals surface area contributed by atoms with Gasteiger partial charge >= 0.3 is 0 Å². The number of benzene rings is 2. The van der Waals surface area contributed by atoms with E-state index in [1.165, 1.54) is 18.2 Å². The number of piperidine rings is 1. The molecule has 2 saturated heterocycles. The fraction of sp³-hybridized carbons (Fsp3) is 0.423. The molecule has 2 aliphatic rings. The van der Waals surface area contributed by atoms with Crippen molar-refractivity contribution in [3.8, 4) is 0 Å². The third-order valence-corrected chi connectivity index (χ3v) is 6.71. The minimum absolute atomic E-state index is 0.0246. The Kier molecular flexibility index (Phi) is 6.97. The van der Waals surface area contributed by atoms with E-state index in [4.69, 9.17) is 4.74 Å². The van der Waals surface area contributed by atoms with Gasteiger partial charge in [0.25, 0.3) is 11.8 Å². The zero-order valence-electron chi connectivity index (χ0n) is 19.5. The predicted molar refractivity (Wildman–Crippen MR) is 125 cm³/mol. The first-order valence-corrected chi connectivity index (χ1v) is 11.7. The Morgan fingerprint density at radius 3 is 2.38 bits per heavy atom. The van der Waals surface area contributed by atoms with Crippen molar-refractivity contribution in [1.29, 1.82) is 0 Å². The number of ether oxygens (including phenoxy) is 1. The third-order valence-electron chi connectivity index (χ3n) is 6.71. The molecule has 2 atom stereocenters. The largest absolute Gasteiger partial charge is 0.353 e. The zero-order chi connectivity index (χ0) is 24.3. The maximum absolute atomic E-state index is 13.6. The Hall–Kier alpha value is -3.26. The molecule has 2 fully saturated rings. The number of hydrogen-bond acceptors (Lipinski definition) is 4. The van der Waals surface area contributed by atoms with Gasteiger partial charge in [-0.05, 0) is 43.7 Å². The van der Waals surface area contributed by atoms with Gasteiger partial charge in [-0.25, -0.2) is 4.39 Å². The fourth-order valence-corrected chi connectivity index (χ4v) is 4.59. The minimum Gasteiger partial charge on any atom is -0.353 e. The SMILES string of the molecule is CC[C@@H](C)NC(=O)[C@@H]1COC2(CCN(C(=O)c3cccc(F)c3)CC2)N1C(=O)c1ccccc1. The summed E-state index contributed by atoms with van der Waals surface area (Å²) in [7, 11) is 0. The molecule has 0 aliphatic carbocycles. The maximum Gasteiger partial charge on any atom is 0.256 e. The van der Waals surface area contributed by atoms with Crippen LogP contribution in [0.4, 0.5) is 4.39 Å². The number of carbonyl (C=O) groups is 3. The normalized spacial score (nSPS) is 20.3. The predicted octanol–water partition coefficient (Wildman–Crippen LogP) is 3.21. The lowest BCUT2D eigenvalue weighted by molar-refractivity contribution is -0.128. The Bertz CT molecular complexity index is 1050. The van der Waals surface area contributed by atoms with E-state index in [0.717, 1.165) is 6.42 Å². The van der Waals surface area contributed by atoms with E-state index in [-0.39, 0.29) is 35.9 Å². The molecule has 0 bridgehead atoms. The number of nitrogens with zero attached hydrogens (tertiary/aromatic N) is 2. The Morgan fingerprint density at radius 1 is 1.06 bits per heavy atom. The third kappa shape index (κ3) is 4.68. The lowest BCUT2D eigenvalue weighted by atomic mass is 9.96. The van der Waals surface area contributed by atoms with Crippen LogP contribution in [0.1, 0.15) is 53.8 Å². The lowest BCUT2D eigenvalue weighted by Gasteiger charge is -2.44.